The molecule has 3 N–H and O–H groups in total. The van der Waals surface area contributed by atoms with Gasteiger partial charge < -0.3 is 15.3 Å². The Morgan fingerprint density at radius 2 is 2.27 bits per heavy atom. The van der Waals surface area contributed by atoms with Gasteiger partial charge in [0.15, 0.2) is 0 Å². The van der Waals surface area contributed by atoms with Crippen molar-refractivity contribution in [1.82, 2.24) is 0 Å². The molecule has 0 radical (unpaired) electrons. The second-order valence-electron chi connectivity index (χ2n) is 3.38. The number of carboxylic acid groups (broad SMARTS) is 1. The van der Waals surface area contributed by atoms with Crippen molar-refractivity contribution in [3.63, 3.8) is 0 Å². The van der Waals surface area contributed by atoms with Crippen molar-refractivity contribution in [3.05, 3.63) is 35.1 Å². The Hall–Kier alpha value is -1.81. The highest BCUT2D eigenvalue weighted by molar-refractivity contribution is 5.93. The minimum atomic E-state index is -1.06. The topological polar surface area (TPSA) is 76.5 Å². The van der Waals surface area contributed by atoms with Crippen LogP contribution in [0.25, 0.3) is 11.0 Å². The molecule has 1 heterocycles. The molecule has 0 fully saturated rings. The summed E-state index contributed by atoms with van der Waals surface area (Å²) in [6.07, 6.45) is 0. The average Bonchev–Trinajstić information content (AvgIpc) is 2.63. The summed E-state index contributed by atoms with van der Waals surface area (Å²) in [4.78, 5) is 10.7. The molecule has 1 aromatic carbocycles. The number of hydrogen-bond acceptors (Lipinski definition) is 3. The summed E-state index contributed by atoms with van der Waals surface area (Å²) in [5.41, 5.74) is 8.12. The lowest BCUT2D eigenvalue weighted by molar-refractivity contribution is 0.0665. The second-order valence-corrected chi connectivity index (χ2v) is 3.38. The van der Waals surface area contributed by atoms with Crippen LogP contribution >= 0.6 is 0 Å². The first-order valence-corrected chi connectivity index (χ1v) is 4.59. The summed E-state index contributed by atoms with van der Waals surface area (Å²) in [6, 6.07) is 5.13. The largest absolute Gasteiger partial charge is 0.475 e. The number of rotatable bonds is 2. The van der Waals surface area contributed by atoms with Crippen LogP contribution < -0.4 is 5.73 Å². The fraction of sp³-hybridized carbons (Fsp3) is 0.182. The number of carboxylic acids is 1. The highest BCUT2D eigenvalue weighted by Crippen LogP contribution is 2.25. The molecule has 4 nitrogen and oxygen atoms in total. The number of hydrogen-bond donors (Lipinski definition) is 2. The van der Waals surface area contributed by atoms with Gasteiger partial charge in [0.05, 0.1) is 0 Å². The van der Waals surface area contributed by atoms with E-state index in [0.29, 0.717) is 12.1 Å². The first kappa shape index (κ1) is 9.73. The number of fused-ring (bicyclic) bond motifs is 1. The van der Waals surface area contributed by atoms with Crippen LogP contribution in [0, 0.1) is 6.92 Å². The molecule has 0 aliphatic rings. The normalized spacial score (nSPS) is 10.8. The van der Waals surface area contributed by atoms with Gasteiger partial charge >= 0.3 is 5.97 Å². The van der Waals surface area contributed by atoms with Crippen LogP contribution in [0.4, 0.5) is 0 Å². The molecular weight excluding hydrogens is 194 g/mol. The zero-order valence-electron chi connectivity index (χ0n) is 8.28. The van der Waals surface area contributed by atoms with Crippen molar-refractivity contribution >= 4 is 16.9 Å². The Balaban J connectivity index is 2.71. The molecule has 0 spiro atoms. The number of furan rings is 1. The van der Waals surface area contributed by atoms with Gasteiger partial charge in [-0.1, -0.05) is 6.07 Å². The number of benzene rings is 1. The molecule has 1 aromatic heterocycles. The molecular formula is C11H11NO3. The Kier molecular flexibility index (Phi) is 2.21. The highest BCUT2D eigenvalue weighted by atomic mass is 16.4. The van der Waals surface area contributed by atoms with Gasteiger partial charge in [0.2, 0.25) is 5.76 Å². The SMILES string of the molecule is Cc1c(CN)ccc2oc(C(=O)O)cc12. The van der Waals surface area contributed by atoms with Crippen molar-refractivity contribution in [2.45, 2.75) is 13.5 Å². The Bertz CT molecular complexity index is 528. The molecule has 0 saturated heterocycles. The second kappa shape index (κ2) is 3.40. The molecule has 0 unspecified atom stereocenters. The minimum Gasteiger partial charge on any atom is -0.475 e. The van der Waals surface area contributed by atoms with Gasteiger partial charge in [-0.05, 0) is 30.2 Å². The van der Waals surface area contributed by atoms with Crippen LogP contribution in [0.2, 0.25) is 0 Å². The Labute approximate surface area is 86.3 Å². The first-order valence-electron chi connectivity index (χ1n) is 4.59. The van der Waals surface area contributed by atoms with Gasteiger partial charge in [0.25, 0.3) is 0 Å². The quantitative estimate of drug-likeness (QED) is 0.784. The molecule has 2 aromatic rings. The third-order valence-electron chi connectivity index (χ3n) is 2.51. The third-order valence-corrected chi connectivity index (χ3v) is 2.51. The maximum Gasteiger partial charge on any atom is 0.371 e. The lowest BCUT2D eigenvalue weighted by Gasteiger charge is -2.01. The van der Waals surface area contributed by atoms with Crippen LogP contribution in [-0.2, 0) is 6.54 Å². The van der Waals surface area contributed by atoms with Crippen molar-refractivity contribution < 1.29 is 14.3 Å². The fourth-order valence-electron chi connectivity index (χ4n) is 1.62. The smallest absolute Gasteiger partial charge is 0.371 e. The first-order chi connectivity index (χ1) is 7.13. The van der Waals surface area contributed by atoms with Crippen molar-refractivity contribution in [2.24, 2.45) is 5.73 Å². The van der Waals surface area contributed by atoms with Gasteiger partial charge in [0.1, 0.15) is 5.58 Å². The molecule has 0 aliphatic carbocycles. The number of nitrogens with two attached hydrogens (primary N) is 1. The number of aryl methyl sites for hydroxylation is 1. The van der Waals surface area contributed by atoms with Crippen molar-refractivity contribution in [3.8, 4) is 0 Å². The standard InChI is InChI=1S/C11H11NO3/c1-6-7(5-12)2-3-9-8(6)4-10(15-9)11(13)14/h2-4H,5,12H2,1H3,(H,13,14). The van der Waals surface area contributed by atoms with Gasteiger partial charge in [-0.3, -0.25) is 0 Å². The predicted octanol–water partition coefficient (Wildman–Crippen LogP) is 1.90. The Morgan fingerprint density at radius 1 is 1.53 bits per heavy atom. The van der Waals surface area contributed by atoms with Gasteiger partial charge in [-0.2, -0.15) is 0 Å². The van der Waals surface area contributed by atoms with E-state index in [0.717, 1.165) is 16.5 Å². The van der Waals surface area contributed by atoms with Gasteiger partial charge in [-0.15, -0.1) is 0 Å². The minimum absolute atomic E-state index is 0.0396. The van der Waals surface area contributed by atoms with Crippen LogP contribution in [-0.4, -0.2) is 11.1 Å². The fourth-order valence-corrected chi connectivity index (χ4v) is 1.62. The van der Waals surface area contributed by atoms with Crippen LogP contribution in [0.15, 0.2) is 22.6 Å². The third kappa shape index (κ3) is 1.49. The van der Waals surface area contributed by atoms with Crippen LogP contribution in [0.3, 0.4) is 0 Å². The van der Waals surface area contributed by atoms with E-state index in [2.05, 4.69) is 0 Å². The molecule has 0 amide bonds. The zero-order valence-corrected chi connectivity index (χ0v) is 8.28. The molecule has 4 heteroatoms. The summed E-state index contributed by atoms with van der Waals surface area (Å²) in [6.45, 7) is 2.35. The molecule has 0 aliphatic heterocycles. The molecule has 15 heavy (non-hydrogen) atoms. The van der Waals surface area contributed by atoms with Crippen molar-refractivity contribution in [2.75, 3.05) is 0 Å². The summed E-state index contributed by atoms with van der Waals surface area (Å²) >= 11 is 0. The molecule has 0 bridgehead atoms. The molecule has 0 saturated carbocycles. The summed E-state index contributed by atoms with van der Waals surface area (Å²) < 4.78 is 5.17. The summed E-state index contributed by atoms with van der Waals surface area (Å²) in [5.74, 6) is -1.10. The summed E-state index contributed by atoms with van der Waals surface area (Å²) in [7, 11) is 0. The maximum atomic E-state index is 10.7. The van der Waals surface area contributed by atoms with E-state index in [-0.39, 0.29) is 5.76 Å². The molecule has 78 valence electrons. The predicted molar refractivity (Wildman–Crippen MR) is 55.8 cm³/mol. The lowest BCUT2D eigenvalue weighted by Crippen LogP contribution is -1.98. The number of carbonyl (C=O) groups is 1. The number of aromatic carboxylic acids is 1. The maximum absolute atomic E-state index is 10.7. The lowest BCUT2D eigenvalue weighted by atomic mass is 10.0. The Morgan fingerprint density at radius 3 is 2.87 bits per heavy atom. The van der Waals surface area contributed by atoms with Crippen LogP contribution in [0.1, 0.15) is 21.7 Å². The summed E-state index contributed by atoms with van der Waals surface area (Å²) in [5, 5.41) is 9.60. The monoisotopic (exact) mass is 205 g/mol. The van der Waals surface area contributed by atoms with E-state index in [1.54, 1.807) is 6.07 Å². The van der Waals surface area contributed by atoms with Crippen molar-refractivity contribution in [1.29, 1.82) is 0 Å². The zero-order chi connectivity index (χ0) is 11.0. The van der Waals surface area contributed by atoms with E-state index in [4.69, 9.17) is 15.3 Å². The van der Waals surface area contributed by atoms with Gasteiger partial charge in [-0.25, -0.2) is 4.79 Å². The molecule has 0 atom stereocenters. The van der Waals surface area contributed by atoms with Gasteiger partial charge in [0, 0.05) is 11.9 Å². The van der Waals surface area contributed by atoms with E-state index >= 15 is 0 Å². The van der Waals surface area contributed by atoms with E-state index in [1.165, 1.54) is 6.07 Å². The highest BCUT2D eigenvalue weighted by Gasteiger charge is 2.12. The van der Waals surface area contributed by atoms with E-state index < -0.39 is 5.97 Å². The van der Waals surface area contributed by atoms with E-state index in [9.17, 15) is 4.79 Å². The average molecular weight is 205 g/mol. The molecule has 2 rings (SSSR count). The van der Waals surface area contributed by atoms with Crippen LogP contribution in [0.5, 0.6) is 0 Å². The van der Waals surface area contributed by atoms with E-state index in [1.807, 2.05) is 13.0 Å².